The van der Waals surface area contributed by atoms with E-state index in [1.165, 1.54) is 0 Å². The van der Waals surface area contributed by atoms with Crippen LogP contribution in [-0.4, -0.2) is 43.0 Å². The van der Waals surface area contributed by atoms with Crippen molar-refractivity contribution < 1.29 is 4.79 Å². The number of anilines is 1. The van der Waals surface area contributed by atoms with Crippen LogP contribution in [0.2, 0.25) is 5.02 Å². The normalized spacial score (nSPS) is 16.0. The SMILES string of the molecule is CCCN(CC(=O)Nc1ccc(Cl)cc1C)C1CCNCC1. The zero-order chi connectivity index (χ0) is 15.9. The second-order valence-corrected chi connectivity index (χ2v) is 6.40. The van der Waals surface area contributed by atoms with E-state index in [9.17, 15) is 4.79 Å². The third-order valence-corrected chi connectivity index (χ3v) is 4.38. The molecule has 2 rings (SSSR count). The summed E-state index contributed by atoms with van der Waals surface area (Å²) in [7, 11) is 0. The Balaban J connectivity index is 1.95. The summed E-state index contributed by atoms with van der Waals surface area (Å²) in [6.45, 7) is 7.64. The van der Waals surface area contributed by atoms with Crippen LogP contribution in [0.4, 0.5) is 5.69 Å². The van der Waals surface area contributed by atoms with E-state index >= 15 is 0 Å². The van der Waals surface area contributed by atoms with Crippen LogP contribution in [0.25, 0.3) is 0 Å². The molecule has 1 amide bonds. The van der Waals surface area contributed by atoms with Gasteiger partial charge >= 0.3 is 0 Å². The fourth-order valence-corrected chi connectivity index (χ4v) is 3.22. The fraction of sp³-hybridized carbons (Fsp3) is 0.588. The molecule has 1 aliphatic heterocycles. The molecule has 1 saturated heterocycles. The van der Waals surface area contributed by atoms with E-state index in [1.807, 2.05) is 19.1 Å². The highest BCUT2D eigenvalue weighted by atomic mass is 35.5. The molecule has 122 valence electrons. The van der Waals surface area contributed by atoms with Crippen molar-refractivity contribution in [2.24, 2.45) is 0 Å². The largest absolute Gasteiger partial charge is 0.325 e. The number of nitrogens with one attached hydrogen (secondary N) is 2. The number of benzene rings is 1. The van der Waals surface area contributed by atoms with Crippen LogP contribution in [0.3, 0.4) is 0 Å². The van der Waals surface area contributed by atoms with Gasteiger partial charge in [0.25, 0.3) is 0 Å². The minimum Gasteiger partial charge on any atom is -0.325 e. The number of hydrogen-bond donors (Lipinski definition) is 2. The Morgan fingerprint density at radius 1 is 1.41 bits per heavy atom. The molecule has 0 atom stereocenters. The third kappa shape index (κ3) is 4.97. The first-order chi connectivity index (χ1) is 10.6. The zero-order valence-corrected chi connectivity index (χ0v) is 14.2. The van der Waals surface area contributed by atoms with Crippen LogP contribution in [0.15, 0.2) is 18.2 Å². The summed E-state index contributed by atoms with van der Waals surface area (Å²) in [4.78, 5) is 14.7. The van der Waals surface area contributed by atoms with Crippen LogP contribution in [0.1, 0.15) is 31.7 Å². The zero-order valence-electron chi connectivity index (χ0n) is 13.5. The maximum absolute atomic E-state index is 12.4. The highest BCUT2D eigenvalue weighted by Gasteiger charge is 2.22. The van der Waals surface area contributed by atoms with E-state index < -0.39 is 0 Å². The number of carbonyl (C=O) groups is 1. The lowest BCUT2D eigenvalue weighted by molar-refractivity contribution is -0.118. The Hall–Kier alpha value is -1.10. The van der Waals surface area contributed by atoms with Crippen LogP contribution in [-0.2, 0) is 4.79 Å². The van der Waals surface area contributed by atoms with Gasteiger partial charge in [0.2, 0.25) is 5.91 Å². The van der Waals surface area contributed by atoms with Gasteiger partial charge in [0.15, 0.2) is 0 Å². The monoisotopic (exact) mass is 323 g/mol. The van der Waals surface area contributed by atoms with Gasteiger partial charge in [-0.1, -0.05) is 18.5 Å². The predicted molar refractivity (Wildman–Crippen MR) is 92.6 cm³/mol. The van der Waals surface area contributed by atoms with Gasteiger partial charge in [-0.25, -0.2) is 0 Å². The lowest BCUT2D eigenvalue weighted by atomic mass is 10.0. The molecule has 0 aliphatic carbocycles. The van der Waals surface area contributed by atoms with Crippen molar-refractivity contribution in [3.63, 3.8) is 0 Å². The summed E-state index contributed by atoms with van der Waals surface area (Å²) >= 11 is 5.95. The molecular weight excluding hydrogens is 298 g/mol. The first-order valence-corrected chi connectivity index (χ1v) is 8.48. The number of rotatable bonds is 6. The maximum atomic E-state index is 12.4. The van der Waals surface area contributed by atoms with Gasteiger partial charge in [-0.2, -0.15) is 0 Å². The van der Waals surface area contributed by atoms with Crippen LogP contribution < -0.4 is 10.6 Å². The highest BCUT2D eigenvalue weighted by molar-refractivity contribution is 6.30. The number of aryl methyl sites for hydroxylation is 1. The van der Waals surface area contributed by atoms with Gasteiger partial charge < -0.3 is 10.6 Å². The number of halogens is 1. The number of piperidine rings is 1. The molecule has 5 heteroatoms. The topological polar surface area (TPSA) is 44.4 Å². The van der Waals surface area contributed by atoms with Gasteiger partial charge in [-0.3, -0.25) is 9.69 Å². The molecule has 22 heavy (non-hydrogen) atoms. The number of hydrogen-bond acceptors (Lipinski definition) is 3. The third-order valence-electron chi connectivity index (χ3n) is 4.15. The van der Waals surface area contributed by atoms with Crippen molar-refractivity contribution in [2.45, 2.75) is 39.2 Å². The van der Waals surface area contributed by atoms with E-state index in [4.69, 9.17) is 11.6 Å². The quantitative estimate of drug-likeness (QED) is 0.845. The van der Waals surface area contributed by atoms with E-state index in [0.717, 1.165) is 50.1 Å². The van der Waals surface area contributed by atoms with Gasteiger partial charge in [-0.05, 0) is 69.6 Å². The summed E-state index contributed by atoms with van der Waals surface area (Å²) in [5.74, 6) is 0.0532. The van der Waals surface area contributed by atoms with Crippen molar-refractivity contribution in [1.82, 2.24) is 10.2 Å². The van der Waals surface area contributed by atoms with E-state index in [1.54, 1.807) is 6.07 Å². The summed E-state index contributed by atoms with van der Waals surface area (Å²) in [5.41, 5.74) is 1.83. The molecule has 0 saturated carbocycles. The Morgan fingerprint density at radius 2 is 2.14 bits per heavy atom. The van der Waals surface area contributed by atoms with Gasteiger partial charge in [0.1, 0.15) is 0 Å². The Labute approximate surface area is 138 Å². The van der Waals surface area contributed by atoms with Crippen molar-refractivity contribution >= 4 is 23.2 Å². The van der Waals surface area contributed by atoms with Gasteiger partial charge in [0.05, 0.1) is 6.54 Å². The minimum atomic E-state index is 0.0532. The Morgan fingerprint density at radius 3 is 2.77 bits per heavy atom. The number of carbonyl (C=O) groups excluding carboxylic acids is 1. The molecule has 0 spiro atoms. The van der Waals surface area contributed by atoms with Crippen LogP contribution in [0, 0.1) is 6.92 Å². The van der Waals surface area contributed by atoms with Crippen LogP contribution >= 0.6 is 11.6 Å². The fourth-order valence-electron chi connectivity index (χ4n) is 2.99. The van der Waals surface area contributed by atoms with Gasteiger partial charge in [0, 0.05) is 16.8 Å². The lowest BCUT2D eigenvalue weighted by Crippen LogP contribution is -2.46. The van der Waals surface area contributed by atoms with Gasteiger partial charge in [-0.15, -0.1) is 0 Å². The molecule has 0 radical (unpaired) electrons. The predicted octanol–water partition coefficient (Wildman–Crippen LogP) is 3.05. The Kier molecular flexibility index (Phi) is 6.68. The van der Waals surface area contributed by atoms with E-state index in [-0.39, 0.29) is 5.91 Å². The molecular formula is C17H26ClN3O. The Bertz CT molecular complexity index is 501. The van der Waals surface area contributed by atoms with Crippen molar-refractivity contribution in [2.75, 3.05) is 31.5 Å². The molecule has 1 aromatic carbocycles. The number of amides is 1. The molecule has 0 bridgehead atoms. The van der Waals surface area contributed by atoms with Crippen molar-refractivity contribution in [3.05, 3.63) is 28.8 Å². The van der Waals surface area contributed by atoms with Crippen molar-refractivity contribution in [3.8, 4) is 0 Å². The minimum absolute atomic E-state index is 0.0532. The summed E-state index contributed by atoms with van der Waals surface area (Å²) in [5, 5.41) is 7.08. The van der Waals surface area contributed by atoms with Crippen LogP contribution in [0.5, 0.6) is 0 Å². The second-order valence-electron chi connectivity index (χ2n) is 5.96. The molecule has 0 aromatic heterocycles. The van der Waals surface area contributed by atoms with Crippen molar-refractivity contribution in [1.29, 1.82) is 0 Å². The first kappa shape index (κ1) is 17.3. The average molecular weight is 324 g/mol. The average Bonchev–Trinajstić information content (AvgIpc) is 2.50. The highest BCUT2D eigenvalue weighted by Crippen LogP contribution is 2.20. The molecule has 0 unspecified atom stereocenters. The standard InChI is InChI=1S/C17H26ClN3O/c1-3-10-21(15-6-8-19-9-7-15)12-17(22)20-16-5-4-14(18)11-13(16)2/h4-5,11,15,19H,3,6-10,12H2,1-2H3,(H,20,22). The number of nitrogens with zero attached hydrogens (tertiary/aromatic N) is 1. The summed E-state index contributed by atoms with van der Waals surface area (Å²) < 4.78 is 0. The summed E-state index contributed by atoms with van der Waals surface area (Å²) in [6, 6.07) is 6.05. The summed E-state index contributed by atoms with van der Waals surface area (Å²) in [6.07, 6.45) is 3.30. The first-order valence-electron chi connectivity index (χ1n) is 8.11. The maximum Gasteiger partial charge on any atom is 0.238 e. The lowest BCUT2D eigenvalue weighted by Gasteiger charge is -2.34. The molecule has 1 aromatic rings. The van der Waals surface area contributed by atoms with E-state index in [0.29, 0.717) is 17.6 Å². The molecule has 1 heterocycles. The molecule has 4 nitrogen and oxygen atoms in total. The van der Waals surface area contributed by atoms with E-state index in [2.05, 4.69) is 22.5 Å². The smallest absolute Gasteiger partial charge is 0.238 e. The molecule has 1 aliphatic rings. The second kappa shape index (κ2) is 8.51. The molecule has 1 fully saturated rings. The molecule has 2 N–H and O–H groups in total.